The zero-order valence-electron chi connectivity index (χ0n) is 24.2. The molecule has 0 radical (unpaired) electrons. The molecule has 0 rings (SSSR count). The van der Waals surface area contributed by atoms with E-state index in [9.17, 15) is 4.57 Å². The molecule has 0 aromatic heterocycles. The van der Waals surface area contributed by atoms with Crippen molar-refractivity contribution in [2.24, 2.45) is 0 Å². The van der Waals surface area contributed by atoms with E-state index in [0.29, 0.717) is 0 Å². The van der Waals surface area contributed by atoms with Crippen LogP contribution in [0.4, 0.5) is 0 Å². The summed E-state index contributed by atoms with van der Waals surface area (Å²) >= 11 is 0. The van der Waals surface area contributed by atoms with E-state index in [1.807, 2.05) is 27.7 Å². The first-order valence-corrected chi connectivity index (χ1v) is 16.2. The van der Waals surface area contributed by atoms with E-state index in [0.717, 1.165) is 25.7 Å². The fourth-order valence-corrected chi connectivity index (χ4v) is 5.62. The van der Waals surface area contributed by atoms with Gasteiger partial charge in [0.1, 0.15) is 11.2 Å². The molecule has 4 heteroatoms. The zero-order chi connectivity index (χ0) is 25.5. The number of hydrogen-bond acceptors (Lipinski definition) is 3. The average Bonchev–Trinajstić information content (AvgIpc) is 2.75. The van der Waals surface area contributed by atoms with Crippen LogP contribution < -0.4 is 0 Å². The Kier molecular flexibility index (Phi) is 22.2. The zero-order valence-corrected chi connectivity index (χ0v) is 25.1. The van der Waals surface area contributed by atoms with Gasteiger partial charge >= 0.3 is 8.25 Å². The van der Waals surface area contributed by atoms with Gasteiger partial charge in [0.15, 0.2) is 0 Å². The standard InChI is InChI=1S/C30H62O3P/c1-7-9-11-13-15-17-19-21-23-25-27-29(3,4)32-34(31)33-30(5,6)28-26-24-22-20-18-16-14-12-10-8-2/h7-28H2,1-6H3/q+1. The van der Waals surface area contributed by atoms with Gasteiger partial charge in [-0.3, -0.25) is 0 Å². The largest absolute Gasteiger partial charge is 0.698 e. The van der Waals surface area contributed by atoms with Crippen LogP contribution in [0.15, 0.2) is 0 Å². The first-order valence-electron chi connectivity index (χ1n) is 15.1. The third-order valence-electron chi connectivity index (χ3n) is 6.91. The van der Waals surface area contributed by atoms with Crippen LogP contribution in [0.3, 0.4) is 0 Å². The predicted octanol–water partition coefficient (Wildman–Crippen LogP) is 11.9. The van der Waals surface area contributed by atoms with Gasteiger partial charge in [0.2, 0.25) is 0 Å². The van der Waals surface area contributed by atoms with Crippen molar-refractivity contribution in [1.82, 2.24) is 0 Å². The quantitative estimate of drug-likeness (QED) is 0.0873. The number of rotatable bonds is 26. The molecule has 0 unspecified atom stereocenters. The lowest BCUT2D eigenvalue weighted by Crippen LogP contribution is -2.25. The highest BCUT2D eigenvalue weighted by atomic mass is 31.1. The van der Waals surface area contributed by atoms with Crippen molar-refractivity contribution in [3.63, 3.8) is 0 Å². The Morgan fingerprint density at radius 2 is 0.676 bits per heavy atom. The Bertz CT molecular complexity index is 422. The molecular weight excluding hydrogens is 439 g/mol. The molecular formula is C30H62O3P+. The third-order valence-corrected chi connectivity index (χ3v) is 8.19. The lowest BCUT2D eigenvalue weighted by molar-refractivity contribution is 0.0350. The summed E-state index contributed by atoms with van der Waals surface area (Å²) in [4.78, 5) is 0. The van der Waals surface area contributed by atoms with Gasteiger partial charge in [-0.05, 0) is 40.5 Å². The summed E-state index contributed by atoms with van der Waals surface area (Å²) in [5, 5.41) is 0. The predicted molar refractivity (Wildman–Crippen MR) is 151 cm³/mol. The van der Waals surface area contributed by atoms with Crippen LogP contribution >= 0.6 is 8.25 Å². The van der Waals surface area contributed by atoms with Crippen LogP contribution in [0.5, 0.6) is 0 Å². The molecule has 0 saturated carbocycles. The van der Waals surface area contributed by atoms with Crippen LogP contribution in [0.2, 0.25) is 0 Å². The van der Waals surface area contributed by atoms with Crippen LogP contribution in [0.1, 0.15) is 183 Å². The van der Waals surface area contributed by atoms with Crippen LogP contribution in [0.25, 0.3) is 0 Å². The summed E-state index contributed by atoms with van der Waals surface area (Å²) < 4.78 is 24.2. The molecule has 0 aliphatic carbocycles. The van der Waals surface area contributed by atoms with Gasteiger partial charge in [-0.1, -0.05) is 142 Å². The summed E-state index contributed by atoms with van der Waals surface area (Å²) in [6.45, 7) is 12.7. The van der Waals surface area contributed by atoms with E-state index in [1.165, 1.54) is 116 Å². The van der Waals surface area contributed by atoms with Crippen molar-refractivity contribution < 1.29 is 13.6 Å². The van der Waals surface area contributed by atoms with Gasteiger partial charge in [-0.15, -0.1) is 9.05 Å². The van der Waals surface area contributed by atoms with Crippen LogP contribution in [-0.2, 0) is 13.6 Å². The second-order valence-electron chi connectivity index (χ2n) is 11.8. The van der Waals surface area contributed by atoms with E-state index < -0.39 is 8.25 Å². The molecule has 0 heterocycles. The second kappa shape index (κ2) is 22.2. The minimum atomic E-state index is -2.08. The number of hydrogen-bond donors (Lipinski definition) is 0. The SMILES string of the molecule is CCCCCCCCCCCCC(C)(C)O[P+](=O)OC(C)(C)CCCCCCCCCCCC. The second-order valence-corrected chi connectivity index (χ2v) is 12.6. The highest BCUT2D eigenvalue weighted by molar-refractivity contribution is 7.33. The lowest BCUT2D eigenvalue weighted by Gasteiger charge is -2.20. The van der Waals surface area contributed by atoms with Gasteiger partial charge in [-0.2, -0.15) is 0 Å². The van der Waals surface area contributed by atoms with E-state index in [-0.39, 0.29) is 11.2 Å². The van der Waals surface area contributed by atoms with E-state index in [4.69, 9.17) is 9.05 Å². The Balaban J connectivity index is 3.79. The normalized spacial score (nSPS) is 12.4. The molecule has 0 spiro atoms. The maximum Gasteiger partial charge on any atom is 0.698 e. The fraction of sp³-hybridized carbons (Fsp3) is 1.00. The first-order chi connectivity index (χ1) is 16.2. The molecule has 0 aliphatic heterocycles. The van der Waals surface area contributed by atoms with E-state index in [1.54, 1.807) is 0 Å². The summed E-state index contributed by atoms with van der Waals surface area (Å²) in [5.41, 5.74) is -0.776. The fourth-order valence-electron chi connectivity index (χ4n) is 4.59. The molecule has 0 atom stereocenters. The summed E-state index contributed by atoms with van der Waals surface area (Å²) in [6.07, 6.45) is 28.5. The van der Waals surface area contributed by atoms with Crippen molar-refractivity contribution in [3.8, 4) is 0 Å². The molecule has 34 heavy (non-hydrogen) atoms. The first kappa shape index (κ1) is 34.0. The van der Waals surface area contributed by atoms with Crippen molar-refractivity contribution in [2.75, 3.05) is 0 Å². The summed E-state index contributed by atoms with van der Waals surface area (Å²) in [7, 11) is -2.08. The van der Waals surface area contributed by atoms with E-state index >= 15 is 0 Å². The van der Waals surface area contributed by atoms with Crippen molar-refractivity contribution in [3.05, 3.63) is 0 Å². The maximum absolute atomic E-state index is 12.5. The molecule has 0 bridgehead atoms. The Hall–Kier alpha value is 0.0200. The van der Waals surface area contributed by atoms with Gasteiger partial charge in [0, 0.05) is 4.57 Å². The van der Waals surface area contributed by atoms with Crippen molar-refractivity contribution >= 4 is 8.25 Å². The maximum atomic E-state index is 12.5. The molecule has 0 aromatic rings. The topological polar surface area (TPSA) is 35.5 Å². The monoisotopic (exact) mass is 501 g/mol. The summed E-state index contributed by atoms with van der Waals surface area (Å²) in [5.74, 6) is 0. The Labute approximate surface area is 215 Å². The lowest BCUT2D eigenvalue weighted by atomic mass is 9.99. The molecule has 0 fully saturated rings. The van der Waals surface area contributed by atoms with Crippen LogP contribution in [-0.4, -0.2) is 11.2 Å². The highest BCUT2D eigenvalue weighted by Gasteiger charge is 2.39. The molecule has 3 nitrogen and oxygen atoms in total. The molecule has 204 valence electrons. The molecule has 0 saturated heterocycles. The molecule has 0 N–H and O–H groups in total. The molecule has 0 aromatic carbocycles. The Morgan fingerprint density at radius 1 is 0.441 bits per heavy atom. The average molecular weight is 502 g/mol. The van der Waals surface area contributed by atoms with Gasteiger partial charge in [0.25, 0.3) is 0 Å². The number of unbranched alkanes of at least 4 members (excludes halogenated alkanes) is 18. The van der Waals surface area contributed by atoms with Gasteiger partial charge in [-0.25, -0.2) is 0 Å². The Morgan fingerprint density at radius 3 is 0.941 bits per heavy atom. The van der Waals surface area contributed by atoms with Gasteiger partial charge in [0.05, 0.1) is 0 Å². The van der Waals surface area contributed by atoms with E-state index in [2.05, 4.69) is 13.8 Å². The van der Waals surface area contributed by atoms with Gasteiger partial charge < -0.3 is 0 Å². The molecule has 0 aliphatic rings. The van der Waals surface area contributed by atoms with Crippen LogP contribution in [0, 0.1) is 0 Å². The molecule has 0 amide bonds. The minimum absolute atomic E-state index is 0.388. The third kappa shape index (κ3) is 23.7. The highest BCUT2D eigenvalue weighted by Crippen LogP contribution is 2.39. The smallest absolute Gasteiger partial charge is 0.113 e. The van der Waals surface area contributed by atoms with Crippen molar-refractivity contribution in [1.29, 1.82) is 0 Å². The van der Waals surface area contributed by atoms with Crippen molar-refractivity contribution in [2.45, 2.75) is 194 Å². The minimum Gasteiger partial charge on any atom is -0.113 e. The summed E-state index contributed by atoms with van der Waals surface area (Å²) in [6, 6.07) is 0.